The molecule has 1 saturated heterocycles. The summed E-state index contributed by atoms with van der Waals surface area (Å²) in [5, 5.41) is 5.86. The number of fused-ring (bicyclic) bond motifs is 1. The summed E-state index contributed by atoms with van der Waals surface area (Å²) >= 11 is 0. The van der Waals surface area contributed by atoms with Gasteiger partial charge in [-0.15, -0.1) is 0 Å². The molecule has 2 aliphatic rings. The zero-order valence-corrected chi connectivity index (χ0v) is 11.4. The van der Waals surface area contributed by atoms with Gasteiger partial charge in [-0.25, -0.2) is 0 Å². The summed E-state index contributed by atoms with van der Waals surface area (Å²) in [6.45, 7) is 3.12. The Hall–Kier alpha value is -1.88. The molecule has 0 aromatic heterocycles. The Morgan fingerprint density at radius 2 is 2.15 bits per heavy atom. The third kappa shape index (κ3) is 2.54. The molecule has 0 aliphatic carbocycles. The number of ether oxygens (including phenoxy) is 1. The number of amides is 2. The summed E-state index contributed by atoms with van der Waals surface area (Å²) < 4.78 is 5.35. The molecule has 0 spiro atoms. The second-order valence-electron chi connectivity index (χ2n) is 5.45. The number of carbonyl (C=O) groups is 2. The third-order valence-electron chi connectivity index (χ3n) is 3.97. The minimum atomic E-state index is -0.0901. The van der Waals surface area contributed by atoms with Gasteiger partial charge < -0.3 is 15.4 Å². The van der Waals surface area contributed by atoms with Crippen LogP contribution in [0.25, 0.3) is 0 Å². The highest BCUT2D eigenvalue weighted by atomic mass is 16.5. The van der Waals surface area contributed by atoms with Gasteiger partial charge in [0.2, 0.25) is 5.91 Å². The summed E-state index contributed by atoms with van der Waals surface area (Å²) in [4.78, 5) is 23.5. The first-order valence-corrected chi connectivity index (χ1v) is 6.93. The zero-order chi connectivity index (χ0) is 14.1. The minimum Gasteiger partial charge on any atom is -0.372 e. The Labute approximate surface area is 117 Å². The lowest BCUT2D eigenvalue weighted by Crippen LogP contribution is -2.53. The Bertz CT molecular complexity index is 556. The fourth-order valence-electron chi connectivity index (χ4n) is 2.73. The van der Waals surface area contributed by atoms with Crippen LogP contribution in [-0.2, 0) is 22.7 Å². The van der Waals surface area contributed by atoms with Gasteiger partial charge in [0.1, 0.15) is 0 Å². The van der Waals surface area contributed by atoms with Gasteiger partial charge in [0, 0.05) is 24.1 Å². The fraction of sp³-hybridized carbons (Fsp3) is 0.467. The highest BCUT2D eigenvalue weighted by Crippen LogP contribution is 2.21. The number of carbonyl (C=O) groups excluding carboxylic acids is 2. The fourth-order valence-corrected chi connectivity index (χ4v) is 2.73. The summed E-state index contributed by atoms with van der Waals surface area (Å²) in [5.74, 6) is -0.0367. The highest BCUT2D eigenvalue weighted by Gasteiger charge is 2.27. The highest BCUT2D eigenvalue weighted by molar-refractivity contribution is 5.95. The topological polar surface area (TPSA) is 67.4 Å². The van der Waals surface area contributed by atoms with Crippen molar-refractivity contribution in [2.75, 3.05) is 0 Å². The molecule has 2 unspecified atom stereocenters. The van der Waals surface area contributed by atoms with Crippen LogP contribution in [-0.4, -0.2) is 23.9 Å². The number of rotatable bonds is 2. The van der Waals surface area contributed by atoms with Crippen LogP contribution in [0.4, 0.5) is 0 Å². The summed E-state index contributed by atoms with van der Waals surface area (Å²) in [6.07, 6.45) is 1.15. The van der Waals surface area contributed by atoms with E-state index in [0.29, 0.717) is 31.6 Å². The van der Waals surface area contributed by atoms with Gasteiger partial charge in [0.25, 0.3) is 5.91 Å². The molecule has 20 heavy (non-hydrogen) atoms. The molecule has 2 amide bonds. The molecule has 0 saturated carbocycles. The van der Waals surface area contributed by atoms with E-state index >= 15 is 0 Å². The van der Waals surface area contributed by atoms with Crippen LogP contribution in [0.5, 0.6) is 0 Å². The standard InChI is InChI=1S/C15H18N2O3/c1-9-13(4-5-14(18)16-9)17-15(19)10-2-3-11-7-20-8-12(11)6-10/h2-3,6,9,13H,4-5,7-8H2,1H3,(H,16,18)(H,17,19). The van der Waals surface area contributed by atoms with Gasteiger partial charge in [-0.3, -0.25) is 9.59 Å². The molecular formula is C15H18N2O3. The molecule has 1 aromatic rings. The molecule has 0 bridgehead atoms. The molecule has 106 valence electrons. The lowest BCUT2D eigenvalue weighted by Gasteiger charge is -2.30. The lowest BCUT2D eigenvalue weighted by atomic mass is 9.98. The van der Waals surface area contributed by atoms with E-state index in [4.69, 9.17) is 4.74 Å². The van der Waals surface area contributed by atoms with Crippen molar-refractivity contribution in [1.29, 1.82) is 0 Å². The van der Waals surface area contributed by atoms with Gasteiger partial charge in [-0.05, 0) is 36.6 Å². The molecule has 5 heteroatoms. The molecule has 0 radical (unpaired) electrons. The van der Waals surface area contributed by atoms with E-state index in [9.17, 15) is 9.59 Å². The first-order chi connectivity index (χ1) is 9.63. The molecule has 2 heterocycles. The third-order valence-corrected chi connectivity index (χ3v) is 3.97. The second-order valence-corrected chi connectivity index (χ2v) is 5.45. The normalized spacial score (nSPS) is 24.9. The monoisotopic (exact) mass is 274 g/mol. The smallest absolute Gasteiger partial charge is 0.251 e. The maximum absolute atomic E-state index is 12.3. The average molecular weight is 274 g/mol. The van der Waals surface area contributed by atoms with Crippen molar-refractivity contribution in [3.8, 4) is 0 Å². The van der Waals surface area contributed by atoms with Gasteiger partial charge >= 0.3 is 0 Å². The average Bonchev–Trinajstić information content (AvgIpc) is 2.89. The van der Waals surface area contributed by atoms with Crippen LogP contribution in [0.15, 0.2) is 18.2 Å². The summed E-state index contributed by atoms with van der Waals surface area (Å²) in [7, 11) is 0. The predicted octanol–water partition coefficient (Wildman–Crippen LogP) is 1.11. The molecule has 3 rings (SSSR count). The first-order valence-electron chi connectivity index (χ1n) is 6.93. The molecular weight excluding hydrogens is 256 g/mol. The van der Waals surface area contributed by atoms with E-state index in [2.05, 4.69) is 10.6 Å². The zero-order valence-electron chi connectivity index (χ0n) is 11.4. The van der Waals surface area contributed by atoms with Crippen LogP contribution in [0.2, 0.25) is 0 Å². The molecule has 2 atom stereocenters. The number of hydrogen-bond acceptors (Lipinski definition) is 3. The van der Waals surface area contributed by atoms with E-state index in [1.807, 2.05) is 25.1 Å². The van der Waals surface area contributed by atoms with E-state index < -0.39 is 0 Å². The van der Waals surface area contributed by atoms with Gasteiger partial charge in [0.05, 0.1) is 13.2 Å². The predicted molar refractivity (Wildman–Crippen MR) is 73.0 cm³/mol. The van der Waals surface area contributed by atoms with Crippen LogP contribution < -0.4 is 10.6 Å². The van der Waals surface area contributed by atoms with Gasteiger partial charge in [0.15, 0.2) is 0 Å². The largest absolute Gasteiger partial charge is 0.372 e. The van der Waals surface area contributed by atoms with Crippen molar-refractivity contribution >= 4 is 11.8 Å². The van der Waals surface area contributed by atoms with E-state index in [-0.39, 0.29) is 23.9 Å². The van der Waals surface area contributed by atoms with Crippen LogP contribution in [0, 0.1) is 0 Å². The Morgan fingerprint density at radius 3 is 2.95 bits per heavy atom. The molecule has 2 N–H and O–H groups in total. The van der Waals surface area contributed by atoms with Crippen LogP contribution in [0.3, 0.4) is 0 Å². The Balaban J connectivity index is 1.68. The Kier molecular flexibility index (Phi) is 3.44. The van der Waals surface area contributed by atoms with E-state index in [1.54, 1.807) is 0 Å². The number of piperidine rings is 1. The van der Waals surface area contributed by atoms with Crippen molar-refractivity contribution in [2.24, 2.45) is 0 Å². The first kappa shape index (κ1) is 13.1. The number of benzene rings is 1. The van der Waals surface area contributed by atoms with Crippen molar-refractivity contribution in [3.63, 3.8) is 0 Å². The molecule has 1 aromatic carbocycles. The summed E-state index contributed by atoms with van der Waals surface area (Å²) in [6, 6.07) is 5.63. The van der Waals surface area contributed by atoms with Crippen molar-refractivity contribution in [3.05, 3.63) is 34.9 Å². The van der Waals surface area contributed by atoms with Gasteiger partial charge in [-0.2, -0.15) is 0 Å². The van der Waals surface area contributed by atoms with Crippen molar-refractivity contribution < 1.29 is 14.3 Å². The van der Waals surface area contributed by atoms with Crippen LogP contribution in [0.1, 0.15) is 41.3 Å². The maximum Gasteiger partial charge on any atom is 0.251 e. The SMILES string of the molecule is CC1NC(=O)CCC1NC(=O)c1ccc2c(c1)COC2. The van der Waals surface area contributed by atoms with E-state index in [1.165, 1.54) is 0 Å². The number of hydrogen-bond donors (Lipinski definition) is 2. The Morgan fingerprint density at radius 1 is 1.35 bits per heavy atom. The van der Waals surface area contributed by atoms with Crippen LogP contribution >= 0.6 is 0 Å². The minimum absolute atomic E-state index is 0.00953. The molecule has 5 nitrogen and oxygen atoms in total. The number of nitrogens with one attached hydrogen (secondary N) is 2. The van der Waals surface area contributed by atoms with Crippen molar-refractivity contribution in [1.82, 2.24) is 10.6 Å². The quantitative estimate of drug-likeness (QED) is 0.849. The lowest BCUT2D eigenvalue weighted by molar-refractivity contribution is -0.123. The summed E-state index contributed by atoms with van der Waals surface area (Å²) in [5.41, 5.74) is 2.89. The maximum atomic E-state index is 12.3. The van der Waals surface area contributed by atoms with Crippen molar-refractivity contribution in [2.45, 2.75) is 45.1 Å². The van der Waals surface area contributed by atoms with Gasteiger partial charge in [-0.1, -0.05) is 6.07 Å². The molecule has 2 aliphatic heterocycles. The van der Waals surface area contributed by atoms with E-state index in [0.717, 1.165) is 11.1 Å². The second kappa shape index (κ2) is 5.25. The molecule has 1 fully saturated rings.